The molecule has 2 heteroatoms. The predicted molar refractivity (Wildman–Crippen MR) is 56.8 cm³/mol. The maximum absolute atomic E-state index is 9.00. The van der Waals surface area contributed by atoms with E-state index in [1.54, 1.807) is 0 Å². The van der Waals surface area contributed by atoms with Gasteiger partial charge in [0.25, 0.3) is 0 Å². The van der Waals surface area contributed by atoms with Crippen LogP contribution in [-0.4, -0.2) is 12.7 Å². The van der Waals surface area contributed by atoms with E-state index in [2.05, 4.69) is 6.07 Å². The fraction of sp³-hybridized carbons (Fsp3) is 0.917. The summed E-state index contributed by atoms with van der Waals surface area (Å²) in [6.07, 6.45) is 8.79. The van der Waals surface area contributed by atoms with Gasteiger partial charge in [-0.25, -0.2) is 0 Å². The molecular formula is C12H21NO. The van der Waals surface area contributed by atoms with Crippen molar-refractivity contribution in [1.82, 2.24) is 0 Å². The van der Waals surface area contributed by atoms with E-state index in [1.807, 2.05) is 6.92 Å². The van der Waals surface area contributed by atoms with E-state index >= 15 is 0 Å². The van der Waals surface area contributed by atoms with Gasteiger partial charge in [0, 0.05) is 6.61 Å². The summed E-state index contributed by atoms with van der Waals surface area (Å²) in [4.78, 5) is 0. The summed E-state index contributed by atoms with van der Waals surface area (Å²) in [5, 5.41) is 9.00. The third-order valence-electron chi connectivity index (χ3n) is 3.05. The Morgan fingerprint density at radius 1 is 1.21 bits per heavy atom. The van der Waals surface area contributed by atoms with Crippen LogP contribution in [0, 0.1) is 17.2 Å². The molecule has 0 N–H and O–H groups in total. The predicted octanol–water partition coefficient (Wildman–Crippen LogP) is 3.28. The third kappa shape index (κ3) is 3.67. The fourth-order valence-electron chi connectivity index (χ4n) is 2.25. The summed E-state index contributed by atoms with van der Waals surface area (Å²) >= 11 is 0. The molecule has 0 aromatic heterocycles. The quantitative estimate of drug-likeness (QED) is 0.692. The van der Waals surface area contributed by atoms with Gasteiger partial charge in [0.05, 0.1) is 6.07 Å². The van der Waals surface area contributed by atoms with Crippen molar-refractivity contribution in [2.45, 2.75) is 58.0 Å². The molecule has 0 saturated heterocycles. The molecule has 80 valence electrons. The highest BCUT2D eigenvalue weighted by atomic mass is 16.5. The van der Waals surface area contributed by atoms with Crippen LogP contribution in [0.1, 0.15) is 51.9 Å². The SMILES string of the molecule is CCOC(C#N)C1CCCCCCC1. The molecule has 1 fully saturated rings. The maximum Gasteiger partial charge on any atom is 0.146 e. The average molecular weight is 195 g/mol. The molecule has 0 aromatic carbocycles. The lowest BCUT2D eigenvalue weighted by Gasteiger charge is -2.23. The van der Waals surface area contributed by atoms with Crippen molar-refractivity contribution in [3.63, 3.8) is 0 Å². The zero-order valence-electron chi connectivity index (χ0n) is 9.17. The van der Waals surface area contributed by atoms with Crippen molar-refractivity contribution in [3.8, 4) is 6.07 Å². The van der Waals surface area contributed by atoms with E-state index < -0.39 is 0 Å². The summed E-state index contributed by atoms with van der Waals surface area (Å²) in [5.74, 6) is 0.486. The Labute approximate surface area is 87.3 Å². The molecular weight excluding hydrogens is 174 g/mol. The Kier molecular flexibility index (Phi) is 5.63. The van der Waals surface area contributed by atoms with Crippen molar-refractivity contribution >= 4 is 0 Å². The Balaban J connectivity index is 2.41. The standard InChI is InChI=1S/C12H21NO/c1-2-14-12(10-13)11-8-6-4-3-5-7-9-11/h11-12H,2-9H2,1H3. The summed E-state index contributed by atoms with van der Waals surface area (Å²) in [7, 11) is 0. The van der Waals surface area contributed by atoms with E-state index in [0.717, 1.165) is 0 Å². The molecule has 1 saturated carbocycles. The molecule has 0 amide bonds. The highest BCUT2D eigenvalue weighted by Crippen LogP contribution is 2.26. The lowest BCUT2D eigenvalue weighted by molar-refractivity contribution is 0.0489. The van der Waals surface area contributed by atoms with Gasteiger partial charge >= 0.3 is 0 Å². The lowest BCUT2D eigenvalue weighted by Crippen LogP contribution is -2.23. The Bertz CT molecular complexity index is 177. The first-order valence-electron chi connectivity index (χ1n) is 5.89. The minimum Gasteiger partial charge on any atom is -0.363 e. The smallest absolute Gasteiger partial charge is 0.146 e. The average Bonchev–Trinajstić information content (AvgIpc) is 2.15. The zero-order chi connectivity index (χ0) is 10.2. The summed E-state index contributed by atoms with van der Waals surface area (Å²) < 4.78 is 5.47. The number of ether oxygens (including phenoxy) is 1. The maximum atomic E-state index is 9.00. The van der Waals surface area contributed by atoms with Gasteiger partial charge in [-0.05, 0) is 25.7 Å². The van der Waals surface area contributed by atoms with Crippen molar-refractivity contribution in [2.24, 2.45) is 5.92 Å². The van der Waals surface area contributed by atoms with Crippen molar-refractivity contribution in [1.29, 1.82) is 5.26 Å². The number of hydrogen-bond donors (Lipinski definition) is 0. The molecule has 0 aromatic rings. The molecule has 0 radical (unpaired) electrons. The Morgan fingerprint density at radius 2 is 1.79 bits per heavy atom. The molecule has 0 heterocycles. The molecule has 1 unspecified atom stereocenters. The van der Waals surface area contributed by atoms with Crippen LogP contribution in [0.2, 0.25) is 0 Å². The van der Waals surface area contributed by atoms with Gasteiger partial charge in [-0.1, -0.05) is 32.1 Å². The molecule has 1 rings (SSSR count). The van der Waals surface area contributed by atoms with E-state index in [4.69, 9.17) is 10.00 Å². The number of nitrogens with zero attached hydrogens (tertiary/aromatic N) is 1. The van der Waals surface area contributed by atoms with Crippen LogP contribution < -0.4 is 0 Å². The second-order valence-corrected chi connectivity index (χ2v) is 4.11. The van der Waals surface area contributed by atoms with Crippen molar-refractivity contribution in [3.05, 3.63) is 0 Å². The Hall–Kier alpha value is -0.550. The van der Waals surface area contributed by atoms with Crippen LogP contribution in [0.3, 0.4) is 0 Å². The van der Waals surface area contributed by atoms with Gasteiger partial charge in [-0.15, -0.1) is 0 Å². The van der Waals surface area contributed by atoms with Gasteiger partial charge < -0.3 is 4.74 Å². The first kappa shape index (κ1) is 11.5. The summed E-state index contributed by atoms with van der Waals surface area (Å²) in [5.41, 5.74) is 0. The van der Waals surface area contributed by atoms with Crippen LogP contribution in [0.15, 0.2) is 0 Å². The van der Waals surface area contributed by atoms with Gasteiger partial charge in [-0.3, -0.25) is 0 Å². The number of hydrogen-bond acceptors (Lipinski definition) is 2. The molecule has 1 aliphatic rings. The van der Waals surface area contributed by atoms with Crippen LogP contribution in [0.5, 0.6) is 0 Å². The monoisotopic (exact) mass is 195 g/mol. The first-order chi connectivity index (χ1) is 6.88. The highest BCUT2D eigenvalue weighted by molar-refractivity contribution is 4.90. The van der Waals surface area contributed by atoms with Gasteiger partial charge in [0.2, 0.25) is 0 Å². The lowest BCUT2D eigenvalue weighted by atomic mass is 9.87. The van der Waals surface area contributed by atoms with Crippen molar-refractivity contribution < 1.29 is 4.74 Å². The second kappa shape index (κ2) is 6.84. The third-order valence-corrected chi connectivity index (χ3v) is 3.05. The van der Waals surface area contributed by atoms with Crippen LogP contribution >= 0.6 is 0 Å². The van der Waals surface area contributed by atoms with Crippen LogP contribution in [0.4, 0.5) is 0 Å². The first-order valence-corrected chi connectivity index (χ1v) is 5.89. The molecule has 1 aliphatic carbocycles. The largest absolute Gasteiger partial charge is 0.363 e. The topological polar surface area (TPSA) is 33.0 Å². The highest BCUT2D eigenvalue weighted by Gasteiger charge is 2.21. The number of rotatable bonds is 3. The van der Waals surface area contributed by atoms with E-state index in [9.17, 15) is 0 Å². The van der Waals surface area contributed by atoms with E-state index in [-0.39, 0.29) is 6.10 Å². The fourth-order valence-corrected chi connectivity index (χ4v) is 2.25. The second-order valence-electron chi connectivity index (χ2n) is 4.11. The van der Waals surface area contributed by atoms with Gasteiger partial charge in [-0.2, -0.15) is 5.26 Å². The molecule has 1 atom stereocenters. The van der Waals surface area contributed by atoms with Gasteiger partial charge in [0.1, 0.15) is 6.10 Å². The molecule has 0 bridgehead atoms. The van der Waals surface area contributed by atoms with E-state index in [1.165, 1.54) is 44.9 Å². The van der Waals surface area contributed by atoms with Gasteiger partial charge in [0.15, 0.2) is 0 Å². The minimum atomic E-state index is -0.155. The zero-order valence-corrected chi connectivity index (χ0v) is 9.17. The molecule has 0 spiro atoms. The number of nitriles is 1. The van der Waals surface area contributed by atoms with Crippen LogP contribution in [0.25, 0.3) is 0 Å². The normalized spacial score (nSPS) is 22.0. The minimum absolute atomic E-state index is 0.155. The Morgan fingerprint density at radius 3 is 2.29 bits per heavy atom. The van der Waals surface area contributed by atoms with Crippen molar-refractivity contribution in [2.75, 3.05) is 6.61 Å². The van der Waals surface area contributed by atoms with E-state index in [0.29, 0.717) is 12.5 Å². The summed E-state index contributed by atoms with van der Waals surface area (Å²) in [6.45, 7) is 2.63. The molecule has 2 nitrogen and oxygen atoms in total. The molecule has 0 aliphatic heterocycles. The molecule has 14 heavy (non-hydrogen) atoms. The summed E-state index contributed by atoms with van der Waals surface area (Å²) in [6, 6.07) is 2.30. The van der Waals surface area contributed by atoms with Crippen LogP contribution in [-0.2, 0) is 4.74 Å².